The third-order valence-corrected chi connectivity index (χ3v) is 3.62. The fraction of sp³-hybridized carbons (Fsp3) is 0.235. The lowest BCUT2D eigenvalue weighted by Gasteiger charge is -2.09. The summed E-state index contributed by atoms with van der Waals surface area (Å²) in [7, 11) is 0. The molecule has 0 saturated heterocycles. The van der Waals surface area contributed by atoms with E-state index in [4.69, 9.17) is 9.47 Å². The van der Waals surface area contributed by atoms with E-state index in [-0.39, 0.29) is 5.91 Å². The summed E-state index contributed by atoms with van der Waals surface area (Å²) in [6, 6.07) is 14.9. The first-order valence-corrected chi connectivity index (χ1v) is 8.16. The molecule has 0 unspecified atom stereocenters. The van der Waals surface area contributed by atoms with Crippen LogP contribution in [0.25, 0.3) is 0 Å². The van der Waals surface area contributed by atoms with E-state index < -0.39 is 0 Å². The van der Waals surface area contributed by atoms with Gasteiger partial charge in [0.2, 0.25) is 0 Å². The van der Waals surface area contributed by atoms with Crippen LogP contribution in [-0.4, -0.2) is 25.7 Å². The second-order valence-corrected chi connectivity index (χ2v) is 5.76. The molecule has 1 amide bonds. The van der Waals surface area contributed by atoms with Gasteiger partial charge in [-0.05, 0) is 78.0 Å². The molecule has 0 aliphatic carbocycles. The SMILES string of the molecule is CCOc1ccc(OCCNC(=O)c2ccc(I)cc2)cc1. The number of amides is 1. The quantitative estimate of drug-likeness (QED) is 0.561. The molecule has 1 N–H and O–H groups in total. The number of nitrogens with one attached hydrogen (secondary N) is 1. The van der Waals surface area contributed by atoms with Gasteiger partial charge in [-0.25, -0.2) is 0 Å². The summed E-state index contributed by atoms with van der Waals surface area (Å²) in [6.45, 7) is 3.47. The molecule has 0 fully saturated rings. The van der Waals surface area contributed by atoms with Crippen LogP contribution >= 0.6 is 22.6 Å². The predicted molar refractivity (Wildman–Crippen MR) is 94.6 cm³/mol. The zero-order valence-electron chi connectivity index (χ0n) is 12.3. The van der Waals surface area contributed by atoms with Crippen molar-refractivity contribution >= 4 is 28.5 Å². The maximum atomic E-state index is 11.9. The van der Waals surface area contributed by atoms with Gasteiger partial charge in [-0.3, -0.25) is 4.79 Å². The molecule has 4 nitrogen and oxygen atoms in total. The van der Waals surface area contributed by atoms with Gasteiger partial charge < -0.3 is 14.8 Å². The average Bonchev–Trinajstić information content (AvgIpc) is 2.54. The third kappa shape index (κ3) is 5.22. The molecule has 0 aromatic heterocycles. The molecule has 0 saturated carbocycles. The van der Waals surface area contributed by atoms with E-state index in [1.165, 1.54) is 0 Å². The van der Waals surface area contributed by atoms with Crippen LogP contribution in [-0.2, 0) is 0 Å². The Morgan fingerprint density at radius 3 is 2.18 bits per heavy atom. The molecule has 116 valence electrons. The van der Waals surface area contributed by atoms with Gasteiger partial charge in [-0.2, -0.15) is 0 Å². The van der Waals surface area contributed by atoms with Crippen molar-refractivity contribution in [2.75, 3.05) is 19.8 Å². The monoisotopic (exact) mass is 411 g/mol. The molecule has 0 bridgehead atoms. The van der Waals surface area contributed by atoms with E-state index in [9.17, 15) is 4.79 Å². The molecular weight excluding hydrogens is 393 g/mol. The largest absolute Gasteiger partial charge is 0.494 e. The lowest BCUT2D eigenvalue weighted by atomic mass is 10.2. The van der Waals surface area contributed by atoms with Crippen LogP contribution in [0.5, 0.6) is 11.5 Å². The Balaban J connectivity index is 1.72. The van der Waals surface area contributed by atoms with Crippen molar-refractivity contribution in [3.05, 3.63) is 57.7 Å². The number of carbonyl (C=O) groups is 1. The minimum Gasteiger partial charge on any atom is -0.494 e. The first-order valence-electron chi connectivity index (χ1n) is 7.08. The second-order valence-electron chi connectivity index (χ2n) is 4.52. The smallest absolute Gasteiger partial charge is 0.251 e. The van der Waals surface area contributed by atoms with Crippen molar-refractivity contribution in [1.82, 2.24) is 5.32 Å². The highest BCUT2D eigenvalue weighted by atomic mass is 127. The summed E-state index contributed by atoms with van der Waals surface area (Å²) < 4.78 is 12.0. The average molecular weight is 411 g/mol. The molecule has 2 rings (SSSR count). The summed E-state index contributed by atoms with van der Waals surface area (Å²) in [5, 5.41) is 2.83. The summed E-state index contributed by atoms with van der Waals surface area (Å²) in [5.74, 6) is 1.49. The van der Waals surface area contributed by atoms with E-state index in [0.717, 1.165) is 15.1 Å². The Bertz CT molecular complexity index is 596. The van der Waals surface area contributed by atoms with Crippen LogP contribution in [0.1, 0.15) is 17.3 Å². The molecule has 2 aromatic rings. The van der Waals surface area contributed by atoms with Crippen molar-refractivity contribution in [2.24, 2.45) is 0 Å². The van der Waals surface area contributed by atoms with Crippen molar-refractivity contribution in [1.29, 1.82) is 0 Å². The van der Waals surface area contributed by atoms with E-state index in [0.29, 0.717) is 25.3 Å². The number of carbonyl (C=O) groups excluding carboxylic acids is 1. The second kappa shape index (κ2) is 8.63. The van der Waals surface area contributed by atoms with E-state index >= 15 is 0 Å². The lowest BCUT2D eigenvalue weighted by Crippen LogP contribution is -2.28. The fourth-order valence-electron chi connectivity index (χ4n) is 1.84. The highest BCUT2D eigenvalue weighted by Gasteiger charge is 2.04. The number of halogens is 1. The number of benzene rings is 2. The van der Waals surface area contributed by atoms with Crippen LogP contribution in [0.2, 0.25) is 0 Å². The van der Waals surface area contributed by atoms with Crippen LogP contribution in [0.4, 0.5) is 0 Å². The number of rotatable bonds is 7. The highest BCUT2D eigenvalue weighted by molar-refractivity contribution is 14.1. The van der Waals surface area contributed by atoms with Gasteiger partial charge in [-0.15, -0.1) is 0 Å². The first-order chi connectivity index (χ1) is 10.7. The van der Waals surface area contributed by atoms with Crippen molar-refractivity contribution < 1.29 is 14.3 Å². The Labute approximate surface area is 144 Å². The molecule has 0 heterocycles. The Hall–Kier alpha value is -1.76. The molecule has 0 spiro atoms. The maximum Gasteiger partial charge on any atom is 0.251 e. The maximum absolute atomic E-state index is 11.9. The van der Waals surface area contributed by atoms with Crippen LogP contribution in [0.3, 0.4) is 0 Å². The van der Waals surface area contributed by atoms with Crippen LogP contribution < -0.4 is 14.8 Å². The number of hydrogen-bond donors (Lipinski definition) is 1. The Kier molecular flexibility index (Phi) is 6.51. The normalized spacial score (nSPS) is 10.1. The number of ether oxygens (including phenoxy) is 2. The van der Waals surface area contributed by atoms with Gasteiger partial charge in [-0.1, -0.05) is 0 Å². The van der Waals surface area contributed by atoms with Crippen molar-refractivity contribution in [2.45, 2.75) is 6.92 Å². The molecule has 0 aliphatic heterocycles. The number of hydrogen-bond acceptors (Lipinski definition) is 3. The van der Waals surface area contributed by atoms with Crippen LogP contribution in [0.15, 0.2) is 48.5 Å². The Morgan fingerprint density at radius 2 is 1.59 bits per heavy atom. The molecule has 5 heteroatoms. The summed E-state index contributed by atoms with van der Waals surface area (Å²) in [6.07, 6.45) is 0. The van der Waals surface area contributed by atoms with E-state index in [1.54, 1.807) is 0 Å². The van der Waals surface area contributed by atoms with E-state index in [2.05, 4.69) is 27.9 Å². The topological polar surface area (TPSA) is 47.6 Å². The lowest BCUT2D eigenvalue weighted by molar-refractivity contribution is 0.0947. The van der Waals surface area contributed by atoms with Crippen molar-refractivity contribution in [3.63, 3.8) is 0 Å². The minimum atomic E-state index is -0.0910. The zero-order chi connectivity index (χ0) is 15.8. The highest BCUT2D eigenvalue weighted by Crippen LogP contribution is 2.17. The molecule has 2 aromatic carbocycles. The summed E-state index contributed by atoms with van der Waals surface area (Å²) in [5.41, 5.74) is 0.654. The van der Waals surface area contributed by atoms with E-state index in [1.807, 2.05) is 55.5 Å². The van der Waals surface area contributed by atoms with Gasteiger partial charge in [0.15, 0.2) is 0 Å². The zero-order valence-corrected chi connectivity index (χ0v) is 14.5. The van der Waals surface area contributed by atoms with Crippen molar-refractivity contribution in [3.8, 4) is 11.5 Å². The predicted octanol–water partition coefficient (Wildman–Crippen LogP) is 3.50. The van der Waals surface area contributed by atoms with Gasteiger partial charge in [0, 0.05) is 9.13 Å². The van der Waals surface area contributed by atoms with Gasteiger partial charge in [0.25, 0.3) is 5.91 Å². The summed E-state index contributed by atoms with van der Waals surface area (Å²) >= 11 is 2.21. The molecule has 0 atom stereocenters. The standard InChI is InChI=1S/C17H18INO3/c1-2-21-15-7-9-16(10-8-15)22-12-11-19-17(20)13-3-5-14(18)6-4-13/h3-10H,2,11-12H2,1H3,(H,19,20). The molecule has 22 heavy (non-hydrogen) atoms. The minimum absolute atomic E-state index is 0.0910. The summed E-state index contributed by atoms with van der Waals surface area (Å²) in [4.78, 5) is 11.9. The first kappa shape index (κ1) is 16.6. The molecule has 0 aliphatic rings. The molecule has 0 radical (unpaired) electrons. The molecular formula is C17H18INO3. The third-order valence-electron chi connectivity index (χ3n) is 2.90. The van der Waals surface area contributed by atoms with Gasteiger partial charge in [0.05, 0.1) is 13.2 Å². The van der Waals surface area contributed by atoms with Gasteiger partial charge >= 0.3 is 0 Å². The fourth-order valence-corrected chi connectivity index (χ4v) is 2.20. The van der Waals surface area contributed by atoms with Crippen LogP contribution in [0, 0.1) is 3.57 Å². The Morgan fingerprint density at radius 1 is 1.00 bits per heavy atom. The van der Waals surface area contributed by atoms with Gasteiger partial charge in [0.1, 0.15) is 18.1 Å².